The van der Waals surface area contributed by atoms with Crippen LogP contribution in [0.25, 0.3) is 81.3 Å². The quantitative estimate of drug-likeness (QED) is 0.0902. The molecule has 0 saturated carbocycles. The topological polar surface area (TPSA) is 71.8 Å². The maximum atomic E-state index is 14.4. The zero-order valence-electron chi connectivity index (χ0n) is 24.5. The Morgan fingerprint density at radius 3 is 1.84 bits per heavy atom. The van der Waals surface area contributed by atoms with Gasteiger partial charge in [-0.05, 0) is 80.5 Å². The van der Waals surface area contributed by atoms with Crippen molar-refractivity contribution in [2.24, 2.45) is 0 Å². The van der Waals surface area contributed by atoms with E-state index < -0.39 is 0 Å². The van der Waals surface area contributed by atoms with Crippen LogP contribution in [0.15, 0.2) is 89.7 Å². The van der Waals surface area contributed by atoms with E-state index in [2.05, 4.69) is 31.2 Å². The number of imide groups is 1. The van der Waals surface area contributed by atoms with Crippen LogP contribution in [0.2, 0.25) is 0 Å². The second-order valence-corrected chi connectivity index (χ2v) is 12.3. The molecule has 0 fully saturated rings. The molecule has 9 aromatic rings. The maximum absolute atomic E-state index is 14.4. The van der Waals surface area contributed by atoms with Crippen molar-refractivity contribution < 1.29 is 9.59 Å². The molecule has 214 valence electrons. The fourth-order valence-corrected chi connectivity index (χ4v) is 8.08. The van der Waals surface area contributed by atoms with Gasteiger partial charge in [-0.3, -0.25) is 23.7 Å². The van der Waals surface area contributed by atoms with E-state index in [9.17, 15) is 14.4 Å². The highest BCUT2D eigenvalue weighted by Gasteiger charge is 2.34. The van der Waals surface area contributed by atoms with Gasteiger partial charge < -0.3 is 0 Å². The number of nitrogens with zero attached hydrogens (tertiary/aromatic N) is 3. The van der Waals surface area contributed by atoms with Gasteiger partial charge in [0.15, 0.2) is 0 Å². The largest absolute Gasteiger partial charge is 0.274 e. The fraction of sp³-hybridized carbons (Fsp3) is 0.128. The van der Waals surface area contributed by atoms with E-state index in [-0.39, 0.29) is 17.4 Å². The molecule has 0 bridgehead atoms. The molecule has 0 N–H and O–H groups in total. The Labute approximate surface area is 255 Å². The number of benzene rings is 7. The molecule has 6 nitrogen and oxygen atoms in total. The van der Waals surface area contributed by atoms with Crippen LogP contribution in [0.3, 0.4) is 0 Å². The highest BCUT2D eigenvalue weighted by atomic mass is 16.2. The van der Waals surface area contributed by atoms with Crippen molar-refractivity contribution in [3.05, 3.63) is 106 Å². The number of hydrogen-bond acceptors (Lipinski definition) is 4. The number of hydrogen-bond donors (Lipinski definition) is 0. The molecular formula is C39H25N3O3. The van der Waals surface area contributed by atoms with Gasteiger partial charge in [-0.25, -0.2) is 4.98 Å². The normalized spacial score (nSPS) is 13.9. The zero-order chi connectivity index (χ0) is 30.1. The third-order valence-corrected chi connectivity index (χ3v) is 10.1. The van der Waals surface area contributed by atoms with E-state index in [4.69, 9.17) is 4.98 Å². The first-order valence-electron chi connectivity index (χ1n) is 15.6. The second-order valence-electron chi connectivity index (χ2n) is 12.3. The summed E-state index contributed by atoms with van der Waals surface area (Å²) in [5.41, 5.74) is 3.39. The predicted molar refractivity (Wildman–Crippen MR) is 181 cm³/mol. The standard InChI is InChI=1S/C39H25N3O3/c1-2-3-4-19-41-37(43)26-16-12-23-21-11-15-25-34-28(18-14-22(32(21)34)24-13-17-27(38(41)44)35(26)33(23)24)39(45)42-30-10-6-8-20-7-5-9-29(31(20)30)40-36(25)42/h5-18H,2-4,19H2,1H3. The Balaban J connectivity index is 1.34. The van der Waals surface area contributed by atoms with Gasteiger partial charge in [0.1, 0.15) is 5.65 Å². The van der Waals surface area contributed by atoms with Crippen LogP contribution >= 0.6 is 0 Å². The number of amides is 2. The van der Waals surface area contributed by atoms with Crippen LogP contribution in [-0.4, -0.2) is 32.6 Å². The molecule has 1 aliphatic heterocycles. The van der Waals surface area contributed by atoms with Crippen LogP contribution in [0.4, 0.5) is 0 Å². The third-order valence-electron chi connectivity index (χ3n) is 10.1. The summed E-state index contributed by atoms with van der Waals surface area (Å²) in [4.78, 5) is 48.2. The molecule has 2 aromatic heterocycles. The minimum Gasteiger partial charge on any atom is -0.274 e. The lowest BCUT2D eigenvalue weighted by atomic mass is 9.84. The first-order chi connectivity index (χ1) is 22.1. The highest BCUT2D eigenvalue weighted by molar-refractivity contribution is 6.41. The van der Waals surface area contributed by atoms with Crippen molar-refractivity contribution in [2.45, 2.75) is 26.2 Å². The van der Waals surface area contributed by atoms with Gasteiger partial charge in [0.25, 0.3) is 17.4 Å². The SMILES string of the molecule is CCCCCN1C(=O)c2ccc3c4ccc5c(=O)n6c7cccc8cccc(nc6c6ccc(c9ccc(c2c39)C1=O)c4c56)c87. The fourth-order valence-electron chi connectivity index (χ4n) is 8.08. The van der Waals surface area contributed by atoms with Crippen LogP contribution < -0.4 is 5.56 Å². The summed E-state index contributed by atoms with van der Waals surface area (Å²) < 4.78 is 1.76. The minimum atomic E-state index is -0.223. The monoisotopic (exact) mass is 583 g/mol. The summed E-state index contributed by atoms with van der Waals surface area (Å²) in [6.45, 7) is 2.54. The summed E-state index contributed by atoms with van der Waals surface area (Å²) in [7, 11) is 0. The molecule has 3 heterocycles. The number of unbranched alkanes of at least 4 members (excludes halogenated alkanes) is 2. The molecule has 0 saturated heterocycles. The van der Waals surface area contributed by atoms with Gasteiger partial charge in [0, 0.05) is 44.6 Å². The zero-order valence-corrected chi connectivity index (χ0v) is 24.5. The molecule has 45 heavy (non-hydrogen) atoms. The molecule has 0 atom stereocenters. The van der Waals surface area contributed by atoms with Crippen LogP contribution in [0.5, 0.6) is 0 Å². The Morgan fingerprint density at radius 1 is 0.578 bits per heavy atom. The second kappa shape index (κ2) is 8.51. The van der Waals surface area contributed by atoms with Crippen molar-refractivity contribution in [1.82, 2.24) is 14.3 Å². The lowest BCUT2D eigenvalue weighted by Crippen LogP contribution is -2.40. The molecular weight excluding hydrogens is 558 g/mol. The van der Waals surface area contributed by atoms with E-state index in [0.29, 0.717) is 28.7 Å². The van der Waals surface area contributed by atoms with Crippen molar-refractivity contribution in [1.29, 1.82) is 0 Å². The van der Waals surface area contributed by atoms with Gasteiger partial charge >= 0.3 is 0 Å². The van der Waals surface area contributed by atoms with Gasteiger partial charge in [0.05, 0.1) is 11.0 Å². The maximum Gasteiger partial charge on any atom is 0.264 e. The van der Waals surface area contributed by atoms with Gasteiger partial charge in [-0.15, -0.1) is 0 Å². The van der Waals surface area contributed by atoms with Gasteiger partial charge in [0.2, 0.25) is 0 Å². The highest BCUT2D eigenvalue weighted by Crippen LogP contribution is 2.46. The van der Waals surface area contributed by atoms with E-state index in [1.165, 1.54) is 4.90 Å². The number of fused-ring (bicyclic) bond motifs is 5. The van der Waals surface area contributed by atoms with Crippen molar-refractivity contribution in [2.75, 3.05) is 6.54 Å². The number of rotatable bonds is 4. The summed E-state index contributed by atoms with van der Waals surface area (Å²) >= 11 is 0. The summed E-state index contributed by atoms with van der Waals surface area (Å²) in [6, 6.07) is 28.0. The summed E-state index contributed by atoms with van der Waals surface area (Å²) in [5.74, 6) is -0.445. The minimum absolute atomic E-state index is 0.0950. The number of aromatic nitrogens is 2. The van der Waals surface area contributed by atoms with E-state index in [0.717, 1.165) is 89.5 Å². The van der Waals surface area contributed by atoms with Crippen LogP contribution in [-0.2, 0) is 0 Å². The molecule has 7 aromatic carbocycles. The van der Waals surface area contributed by atoms with Gasteiger partial charge in [-0.2, -0.15) is 0 Å². The summed E-state index contributed by atoms with van der Waals surface area (Å²) in [6.07, 6.45) is 2.78. The summed E-state index contributed by atoms with van der Waals surface area (Å²) in [5, 5.41) is 11.1. The lowest BCUT2D eigenvalue weighted by molar-refractivity contribution is 0.0608. The van der Waals surface area contributed by atoms with Crippen LogP contribution in [0, 0.1) is 0 Å². The third kappa shape index (κ3) is 2.94. The number of carbonyl (C=O) groups excluding carboxylic acids is 2. The van der Waals surface area contributed by atoms with E-state index >= 15 is 0 Å². The van der Waals surface area contributed by atoms with E-state index in [1.54, 1.807) is 4.40 Å². The molecule has 10 rings (SSSR count). The first kappa shape index (κ1) is 24.8. The van der Waals surface area contributed by atoms with Gasteiger partial charge in [-0.1, -0.05) is 68.3 Å². The predicted octanol–water partition coefficient (Wildman–Crippen LogP) is 8.43. The number of carbonyl (C=O) groups is 2. The molecule has 0 aliphatic carbocycles. The Kier molecular flexibility index (Phi) is 4.69. The Bertz CT molecular complexity index is 2770. The van der Waals surface area contributed by atoms with Crippen molar-refractivity contribution >= 4 is 93.1 Å². The van der Waals surface area contributed by atoms with E-state index in [1.807, 2.05) is 60.7 Å². The van der Waals surface area contributed by atoms with Crippen LogP contribution in [0.1, 0.15) is 46.9 Å². The molecule has 1 aliphatic rings. The smallest absolute Gasteiger partial charge is 0.264 e. The molecule has 6 heteroatoms. The number of pyridine rings is 1. The first-order valence-corrected chi connectivity index (χ1v) is 15.6. The van der Waals surface area contributed by atoms with Crippen molar-refractivity contribution in [3.63, 3.8) is 0 Å². The Hall–Kier alpha value is -5.62. The average Bonchev–Trinajstić information content (AvgIpc) is 3.07. The molecule has 0 radical (unpaired) electrons. The average molecular weight is 584 g/mol. The molecule has 0 unspecified atom stereocenters. The molecule has 0 spiro atoms. The Morgan fingerprint density at radius 2 is 1.16 bits per heavy atom. The van der Waals surface area contributed by atoms with Crippen molar-refractivity contribution in [3.8, 4) is 0 Å². The molecule has 2 amide bonds. The lowest BCUT2D eigenvalue weighted by Gasteiger charge is -2.28.